The van der Waals surface area contributed by atoms with Gasteiger partial charge in [0.15, 0.2) is 0 Å². The fraction of sp³-hybridized carbons (Fsp3) is 0.714. The fourth-order valence-electron chi connectivity index (χ4n) is 1.65. The summed E-state index contributed by atoms with van der Waals surface area (Å²) in [5, 5.41) is 2.10. The molecule has 1 aliphatic heterocycles. The highest BCUT2D eigenvalue weighted by molar-refractivity contribution is 8.02. The summed E-state index contributed by atoms with van der Waals surface area (Å²) in [4.78, 5) is 0. The topological polar surface area (TPSA) is 0 Å². The SMILES string of the molecule is C1=CCSC=C1.CC.CC1CCCCC1. The van der Waals surface area contributed by atoms with Crippen molar-refractivity contribution in [3.8, 4) is 0 Å². The van der Waals surface area contributed by atoms with E-state index in [9.17, 15) is 0 Å². The van der Waals surface area contributed by atoms with Crippen LogP contribution in [0.4, 0.5) is 0 Å². The number of thioether (sulfide) groups is 1. The molecule has 0 aromatic carbocycles. The van der Waals surface area contributed by atoms with Crippen molar-refractivity contribution < 1.29 is 0 Å². The van der Waals surface area contributed by atoms with Gasteiger partial charge in [0.05, 0.1) is 0 Å². The van der Waals surface area contributed by atoms with Gasteiger partial charge < -0.3 is 0 Å². The Morgan fingerprint density at radius 3 is 1.87 bits per heavy atom. The van der Waals surface area contributed by atoms with Crippen molar-refractivity contribution in [3.05, 3.63) is 23.6 Å². The molecule has 0 atom stereocenters. The molecule has 1 heteroatoms. The molecule has 1 heterocycles. The van der Waals surface area contributed by atoms with Gasteiger partial charge in [-0.2, -0.15) is 0 Å². The standard InChI is InChI=1S/C7H14.C5H6S.C2H6/c1-7-5-3-2-4-6-7;1-2-4-6-5-3-1;1-2/h7H,2-6H2,1H3;1-4H,5H2;1-2H3. The van der Waals surface area contributed by atoms with Gasteiger partial charge in [-0.3, -0.25) is 0 Å². The molecule has 1 fully saturated rings. The first-order chi connectivity index (χ1) is 7.39. The second-order valence-electron chi connectivity index (χ2n) is 3.83. The van der Waals surface area contributed by atoms with E-state index in [1.165, 1.54) is 32.1 Å². The lowest BCUT2D eigenvalue weighted by molar-refractivity contribution is 0.385. The minimum absolute atomic E-state index is 1.04. The molecule has 0 saturated heterocycles. The van der Waals surface area contributed by atoms with Crippen LogP contribution in [0.5, 0.6) is 0 Å². The van der Waals surface area contributed by atoms with Crippen molar-refractivity contribution in [2.24, 2.45) is 5.92 Å². The molecule has 0 amide bonds. The predicted octanol–water partition coefficient (Wildman–Crippen LogP) is 5.42. The first kappa shape index (κ1) is 14.8. The molecule has 0 bridgehead atoms. The molecule has 0 radical (unpaired) electrons. The third-order valence-electron chi connectivity index (χ3n) is 2.51. The Balaban J connectivity index is 0.000000227. The first-order valence-corrected chi connectivity index (χ1v) is 7.38. The molecule has 1 saturated carbocycles. The van der Waals surface area contributed by atoms with Crippen LogP contribution in [0.25, 0.3) is 0 Å². The lowest BCUT2D eigenvalue weighted by atomic mass is 9.91. The summed E-state index contributed by atoms with van der Waals surface area (Å²) in [5.74, 6) is 2.19. The molecule has 88 valence electrons. The van der Waals surface area contributed by atoms with Gasteiger partial charge >= 0.3 is 0 Å². The average molecular weight is 226 g/mol. The Bertz CT molecular complexity index is 152. The van der Waals surface area contributed by atoms with Crippen LogP contribution in [0.3, 0.4) is 0 Å². The van der Waals surface area contributed by atoms with E-state index in [0.717, 1.165) is 11.7 Å². The highest BCUT2D eigenvalue weighted by Crippen LogP contribution is 2.22. The van der Waals surface area contributed by atoms with Crippen LogP contribution >= 0.6 is 11.8 Å². The smallest absolute Gasteiger partial charge is 0.0157 e. The van der Waals surface area contributed by atoms with Crippen LogP contribution in [0.15, 0.2) is 23.6 Å². The third-order valence-corrected chi connectivity index (χ3v) is 3.24. The summed E-state index contributed by atoms with van der Waals surface area (Å²) in [6.07, 6.45) is 13.7. The highest BCUT2D eigenvalue weighted by atomic mass is 32.2. The van der Waals surface area contributed by atoms with Gasteiger partial charge in [0.2, 0.25) is 0 Å². The Morgan fingerprint density at radius 1 is 1.00 bits per heavy atom. The molecule has 2 rings (SSSR count). The maximum absolute atomic E-state index is 2.36. The second-order valence-corrected chi connectivity index (χ2v) is 4.77. The Labute approximate surface area is 100 Å². The van der Waals surface area contributed by atoms with Crippen molar-refractivity contribution >= 4 is 11.8 Å². The summed E-state index contributed by atoms with van der Waals surface area (Å²) in [7, 11) is 0. The maximum atomic E-state index is 2.36. The third kappa shape index (κ3) is 10.1. The Morgan fingerprint density at radius 2 is 1.67 bits per heavy atom. The summed E-state index contributed by atoms with van der Waals surface area (Å²) in [6, 6.07) is 0. The van der Waals surface area contributed by atoms with E-state index in [2.05, 4.69) is 24.5 Å². The largest absolute Gasteiger partial charge is 0.130 e. The number of hydrogen-bond acceptors (Lipinski definition) is 1. The van der Waals surface area contributed by atoms with Gasteiger partial charge in [0, 0.05) is 5.75 Å². The van der Waals surface area contributed by atoms with Crippen LogP contribution in [0.2, 0.25) is 0 Å². The summed E-state index contributed by atoms with van der Waals surface area (Å²) in [6.45, 7) is 6.36. The van der Waals surface area contributed by atoms with Crippen LogP contribution in [-0.4, -0.2) is 5.75 Å². The average Bonchev–Trinajstić information content (AvgIpc) is 2.36. The number of rotatable bonds is 0. The lowest BCUT2D eigenvalue weighted by Crippen LogP contribution is -1.99. The number of allylic oxidation sites excluding steroid dienone is 2. The van der Waals surface area contributed by atoms with E-state index in [-0.39, 0.29) is 0 Å². The molecule has 0 spiro atoms. The summed E-state index contributed by atoms with van der Waals surface area (Å²) < 4.78 is 0. The van der Waals surface area contributed by atoms with Crippen LogP contribution < -0.4 is 0 Å². The zero-order chi connectivity index (χ0) is 11.4. The quantitative estimate of drug-likeness (QED) is 0.532. The number of hydrogen-bond donors (Lipinski definition) is 0. The molecule has 0 N–H and O–H groups in total. The second kappa shape index (κ2) is 11.9. The molecular formula is C14H26S. The van der Waals surface area contributed by atoms with Crippen LogP contribution in [0, 0.1) is 5.92 Å². The van der Waals surface area contributed by atoms with Crippen LogP contribution in [-0.2, 0) is 0 Å². The molecule has 2 aliphatic rings. The minimum atomic E-state index is 1.04. The van der Waals surface area contributed by atoms with Crippen molar-refractivity contribution in [1.82, 2.24) is 0 Å². The van der Waals surface area contributed by atoms with E-state index in [1.807, 2.05) is 31.7 Å². The van der Waals surface area contributed by atoms with Gasteiger partial charge in [-0.15, -0.1) is 11.8 Å². The van der Waals surface area contributed by atoms with Crippen molar-refractivity contribution in [2.75, 3.05) is 5.75 Å². The summed E-state index contributed by atoms with van der Waals surface area (Å²) >= 11 is 1.83. The summed E-state index contributed by atoms with van der Waals surface area (Å²) in [5.41, 5.74) is 0. The van der Waals surface area contributed by atoms with E-state index < -0.39 is 0 Å². The molecular weight excluding hydrogens is 200 g/mol. The zero-order valence-electron chi connectivity index (χ0n) is 10.5. The molecule has 0 nitrogen and oxygen atoms in total. The van der Waals surface area contributed by atoms with E-state index in [1.54, 1.807) is 0 Å². The van der Waals surface area contributed by atoms with E-state index in [4.69, 9.17) is 0 Å². The van der Waals surface area contributed by atoms with Gasteiger partial charge in [-0.25, -0.2) is 0 Å². The van der Waals surface area contributed by atoms with Crippen molar-refractivity contribution in [2.45, 2.75) is 52.9 Å². The molecule has 0 aromatic rings. The van der Waals surface area contributed by atoms with E-state index in [0.29, 0.717) is 0 Å². The molecule has 0 unspecified atom stereocenters. The monoisotopic (exact) mass is 226 g/mol. The van der Waals surface area contributed by atoms with Crippen molar-refractivity contribution in [1.29, 1.82) is 0 Å². The Hall–Kier alpha value is -0.170. The predicted molar refractivity (Wildman–Crippen MR) is 74.3 cm³/mol. The lowest BCUT2D eigenvalue weighted by Gasteiger charge is -2.15. The van der Waals surface area contributed by atoms with Gasteiger partial charge in [-0.05, 0) is 11.3 Å². The van der Waals surface area contributed by atoms with Gasteiger partial charge in [0.25, 0.3) is 0 Å². The minimum Gasteiger partial charge on any atom is -0.130 e. The molecule has 15 heavy (non-hydrogen) atoms. The molecule has 0 aromatic heterocycles. The fourth-order valence-corrected chi connectivity index (χ4v) is 2.19. The Kier molecular flexibility index (Phi) is 11.8. The highest BCUT2D eigenvalue weighted by Gasteiger charge is 2.05. The first-order valence-electron chi connectivity index (χ1n) is 6.33. The molecule has 1 aliphatic carbocycles. The zero-order valence-corrected chi connectivity index (χ0v) is 11.4. The van der Waals surface area contributed by atoms with Gasteiger partial charge in [0.1, 0.15) is 0 Å². The van der Waals surface area contributed by atoms with Crippen molar-refractivity contribution in [3.63, 3.8) is 0 Å². The maximum Gasteiger partial charge on any atom is 0.0157 e. The normalized spacial score (nSPS) is 19.7. The van der Waals surface area contributed by atoms with Crippen LogP contribution in [0.1, 0.15) is 52.9 Å². The van der Waals surface area contributed by atoms with E-state index >= 15 is 0 Å². The van der Waals surface area contributed by atoms with Gasteiger partial charge in [-0.1, -0.05) is 71.1 Å².